The van der Waals surface area contributed by atoms with Crippen LogP contribution in [0, 0.1) is 19.8 Å². The second-order valence-corrected chi connectivity index (χ2v) is 10.7. The zero-order valence-corrected chi connectivity index (χ0v) is 21.4. The lowest BCUT2D eigenvalue weighted by Crippen LogP contribution is -2.23. The number of sulfonamides is 1. The van der Waals surface area contributed by atoms with Gasteiger partial charge in [0.2, 0.25) is 15.8 Å². The van der Waals surface area contributed by atoms with E-state index in [1.807, 2.05) is 50.2 Å². The van der Waals surface area contributed by atoms with Crippen LogP contribution in [0.1, 0.15) is 57.9 Å². The van der Waals surface area contributed by atoms with Crippen LogP contribution in [-0.2, 0) is 27.8 Å². The van der Waals surface area contributed by atoms with Crippen LogP contribution in [0.3, 0.4) is 0 Å². The molecule has 7 nitrogen and oxygen atoms in total. The summed E-state index contributed by atoms with van der Waals surface area (Å²) in [5.74, 6) is -0.507. The average Bonchev–Trinajstić information content (AvgIpc) is 3.13. The highest BCUT2D eigenvalue weighted by molar-refractivity contribution is 7.89. The highest BCUT2D eigenvalue weighted by atomic mass is 32.2. The Morgan fingerprint density at radius 3 is 2.40 bits per heavy atom. The van der Waals surface area contributed by atoms with Gasteiger partial charge in [0, 0.05) is 30.0 Å². The Kier molecular flexibility index (Phi) is 8.64. The molecule has 1 aromatic heterocycles. The second-order valence-electron chi connectivity index (χ2n) is 8.96. The van der Waals surface area contributed by atoms with Gasteiger partial charge in [0.05, 0.1) is 10.5 Å². The van der Waals surface area contributed by atoms with Crippen LogP contribution >= 0.6 is 0 Å². The maximum absolute atomic E-state index is 12.8. The van der Waals surface area contributed by atoms with Crippen molar-refractivity contribution in [2.45, 2.75) is 52.1 Å². The molecule has 1 heterocycles. The third-order valence-electron chi connectivity index (χ3n) is 5.83. The summed E-state index contributed by atoms with van der Waals surface area (Å²) in [6, 6.07) is 16.5. The van der Waals surface area contributed by atoms with Crippen molar-refractivity contribution in [3.05, 3.63) is 88.7 Å². The molecule has 0 amide bonds. The van der Waals surface area contributed by atoms with Gasteiger partial charge in [-0.1, -0.05) is 50.2 Å². The molecule has 0 atom stereocenters. The van der Waals surface area contributed by atoms with Gasteiger partial charge in [-0.15, -0.1) is 0 Å². The molecule has 2 aromatic carbocycles. The van der Waals surface area contributed by atoms with Gasteiger partial charge in [0.15, 0.2) is 6.61 Å². The van der Waals surface area contributed by atoms with Crippen LogP contribution < -0.4 is 4.72 Å². The monoisotopic (exact) mass is 496 g/mol. The second kappa shape index (κ2) is 11.5. The Morgan fingerprint density at radius 2 is 1.71 bits per heavy atom. The largest absolute Gasteiger partial charge is 0.454 e. The third kappa shape index (κ3) is 6.90. The molecule has 0 radical (unpaired) electrons. The van der Waals surface area contributed by atoms with Crippen molar-refractivity contribution in [1.82, 2.24) is 9.29 Å². The lowest BCUT2D eigenvalue weighted by atomic mass is 10.1. The van der Waals surface area contributed by atoms with Crippen LogP contribution in [0.2, 0.25) is 0 Å². The van der Waals surface area contributed by atoms with E-state index in [1.165, 1.54) is 24.3 Å². The summed E-state index contributed by atoms with van der Waals surface area (Å²) in [7, 11) is -3.84. The number of aryl methyl sites for hydroxylation is 1. The van der Waals surface area contributed by atoms with Crippen LogP contribution in [0.15, 0.2) is 65.6 Å². The van der Waals surface area contributed by atoms with Crippen molar-refractivity contribution in [1.29, 1.82) is 0 Å². The molecule has 186 valence electrons. The van der Waals surface area contributed by atoms with Crippen LogP contribution in [0.4, 0.5) is 0 Å². The van der Waals surface area contributed by atoms with E-state index >= 15 is 0 Å². The molecular formula is C27H32N2O5S. The summed E-state index contributed by atoms with van der Waals surface area (Å²) in [6.45, 7) is 8.67. The molecule has 0 saturated carbocycles. The normalized spacial score (nSPS) is 11.6. The first kappa shape index (κ1) is 26.4. The molecule has 0 unspecified atom stereocenters. The molecule has 0 spiro atoms. The number of hydrogen-bond donors (Lipinski definition) is 1. The van der Waals surface area contributed by atoms with Gasteiger partial charge in [-0.05, 0) is 56.0 Å². The van der Waals surface area contributed by atoms with Gasteiger partial charge >= 0.3 is 5.97 Å². The molecule has 0 saturated heterocycles. The Hall–Kier alpha value is -3.23. The van der Waals surface area contributed by atoms with Crippen molar-refractivity contribution in [2.75, 3.05) is 6.61 Å². The molecule has 0 aliphatic rings. The van der Waals surface area contributed by atoms with Crippen LogP contribution in [0.5, 0.6) is 0 Å². The highest BCUT2D eigenvalue weighted by Gasteiger charge is 2.20. The van der Waals surface area contributed by atoms with Crippen molar-refractivity contribution in [2.24, 2.45) is 5.92 Å². The summed E-state index contributed by atoms with van der Waals surface area (Å²) in [5.41, 5.74) is 3.23. The van der Waals surface area contributed by atoms with Crippen molar-refractivity contribution >= 4 is 21.8 Å². The predicted octanol–water partition coefficient (Wildman–Crippen LogP) is 4.67. The Bertz CT molecular complexity index is 1290. The number of hydrogen-bond acceptors (Lipinski definition) is 5. The average molecular weight is 497 g/mol. The fourth-order valence-electron chi connectivity index (χ4n) is 3.75. The maximum Gasteiger partial charge on any atom is 0.338 e. The van der Waals surface area contributed by atoms with E-state index in [-0.39, 0.29) is 22.8 Å². The van der Waals surface area contributed by atoms with Crippen LogP contribution in [0.25, 0.3) is 0 Å². The molecule has 0 aliphatic heterocycles. The first-order valence-corrected chi connectivity index (χ1v) is 13.1. The van der Waals surface area contributed by atoms with Crippen molar-refractivity contribution in [3.63, 3.8) is 0 Å². The zero-order valence-electron chi connectivity index (χ0n) is 20.6. The van der Waals surface area contributed by atoms with Crippen molar-refractivity contribution in [3.8, 4) is 0 Å². The van der Waals surface area contributed by atoms with E-state index in [1.54, 1.807) is 0 Å². The number of carbonyl (C=O) groups is 2. The number of rotatable bonds is 11. The SMILES string of the molecule is Cc1cc(C(=O)COC(=O)c2cccc(S(=O)(=O)NCc3ccccc3)c2)c(C)n1CCC(C)C. The number of ether oxygens (including phenoxy) is 1. The number of Topliss-reactive ketones (excluding diaryl/α,β-unsaturated/α-hetero) is 1. The van der Waals surface area contributed by atoms with Crippen molar-refractivity contribution < 1.29 is 22.7 Å². The molecule has 0 fully saturated rings. The minimum Gasteiger partial charge on any atom is -0.454 e. The van der Waals surface area contributed by atoms with Gasteiger partial charge < -0.3 is 9.30 Å². The molecule has 35 heavy (non-hydrogen) atoms. The minimum atomic E-state index is -3.84. The molecule has 1 N–H and O–H groups in total. The third-order valence-corrected chi connectivity index (χ3v) is 7.23. The topological polar surface area (TPSA) is 94.5 Å². The predicted molar refractivity (Wildman–Crippen MR) is 135 cm³/mol. The minimum absolute atomic E-state index is 0.0529. The summed E-state index contributed by atoms with van der Waals surface area (Å²) in [4.78, 5) is 25.3. The zero-order chi connectivity index (χ0) is 25.6. The molecule has 0 bridgehead atoms. The van der Waals surface area contributed by atoms with E-state index in [2.05, 4.69) is 23.1 Å². The van der Waals surface area contributed by atoms with E-state index < -0.39 is 22.6 Å². The fraction of sp³-hybridized carbons (Fsp3) is 0.333. The highest BCUT2D eigenvalue weighted by Crippen LogP contribution is 2.18. The van der Waals surface area contributed by atoms with E-state index in [4.69, 9.17) is 4.74 Å². The lowest BCUT2D eigenvalue weighted by Gasteiger charge is -2.11. The number of aromatic nitrogens is 1. The van der Waals surface area contributed by atoms with Gasteiger partial charge in [0.25, 0.3) is 0 Å². The maximum atomic E-state index is 12.8. The molecule has 0 aliphatic carbocycles. The van der Waals surface area contributed by atoms with E-state index in [9.17, 15) is 18.0 Å². The molecular weight excluding hydrogens is 464 g/mol. The molecule has 8 heteroatoms. The van der Waals surface area contributed by atoms with Gasteiger partial charge in [0.1, 0.15) is 0 Å². The first-order chi connectivity index (χ1) is 16.6. The number of nitrogens with one attached hydrogen (secondary N) is 1. The van der Waals surface area contributed by atoms with Gasteiger partial charge in [-0.25, -0.2) is 17.9 Å². The number of ketones is 1. The first-order valence-electron chi connectivity index (χ1n) is 11.6. The van der Waals surface area contributed by atoms with E-state index in [0.717, 1.165) is 29.9 Å². The Balaban J connectivity index is 1.64. The molecule has 3 rings (SSSR count). The van der Waals surface area contributed by atoms with Gasteiger partial charge in [-0.3, -0.25) is 4.79 Å². The summed E-state index contributed by atoms with van der Waals surface area (Å²) < 4.78 is 35.2. The van der Waals surface area contributed by atoms with Crippen LogP contribution in [-0.4, -0.2) is 31.3 Å². The Morgan fingerprint density at radius 1 is 1.00 bits per heavy atom. The Labute approximate surface area is 207 Å². The standard InChI is InChI=1S/C27H32N2O5S/c1-19(2)13-14-29-20(3)15-25(21(29)4)26(30)18-34-27(31)23-11-8-12-24(16-23)35(32,33)28-17-22-9-6-5-7-10-22/h5-12,15-16,19,28H,13-14,17-18H2,1-4H3. The van der Waals surface area contributed by atoms with Gasteiger partial charge in [-0.2, -0.15) is 0 Å². The van der Waals surface area contributed by atoms with E-state index in [0.29, 0.717) is 11.5 Å². The summed E-state index contributed by atoms with van der Waals surface area (Å²) in [5, 5.41) is 0. The summed E-state index contributed by atoms with van der Waals surface area (Å²) >= 11 is 0. The quantitative estimate of drug-likeness (QED) is 0.308. The molecule has 3 aromatic rings. The number of benzene rings is 2. The number of carbonyl (C=O) groups excluding carboxylic acids is 2. The fourth-order valence-corrected chi connectivity index (χ4v) is 4.82. The number of nitrogens with zero attached hydrogens (tertiary/aromatic N) is 1. The number of esters is 1. The smallest absolute Gasteiger partial charge is 0.338 e. The lowest BCUT2D eigenvalue weighted by molar-refractivity contribution is 0.0474. The summed E-state index contributed by atoms with van der Waals surface area (Å²) in [6.07, 6.45) is 0.998.